The lowest BCUT2D eigenvalue weighted by Gasteiger charge is -1.99. The molecule has 0 saturated carbocycles. The number of esters is 1. The van der Waals surface area contributed by atoms with Gasteiger partial charge in [-0.05, 0) is 13.0 Å². The molecule has 0 saturated heterocycles. The average molecular weight is 126 g/mol. The molecule has 0 bridgehead atoms. The summed E-state index contributed by atoms with van der Waals surface area (Å²) in [7, 11) is 1.36. The summed E-state index contributed by atoms with van der Waals surface area (Å²) in [4.78, 5) is 10.6. The Morgan fingerprint density at radius 1 is 1.89 bits per heavy atom. The van der Waals surface area contributed by atoms with Crippen LogP contribution in [0.15, 0.2) is 18.4 Å². The van der Waals surface area contributed by atoms with Gasteiger partial charge in [0.1, 0.15) is 0 Å². The maximum Gasteiger partial charge on any atom is 0.312 e. The van der Waals surface area contributed by atoms with E-state index in [2.05, 4.69) is 17.0 Å². The molecule has 2 nitrogen and oxygen atoms in total. The fourth-order valence-electron chi connectivity index (χ4n) is 0.431. The predicted octanol–water partition coefficient (Wildman–Crippen LogP) is 1.14. The molecule has 0 fully saturated rings. The van der Waals surface area contributed by atoms with E-state index in [1.807, 2.05) is 0 Å². The van der Waals surface area contributed by atoms with E-state index < -0.39 is 0 Å². The topological polar surface area (TPSA) is 26.3 Å². The number of hydrogen-bond donors (Lipinski definition) is 0. The van der Waals surface area contributed by atoms with E-state index in [0.29, 0.717) is 0 Å². The van der Waals surface area contributed by atoms with E-state index in [4.69, 9.17) is 0 Å². The highest BCUT2D eigenvalue weighted by Crippen LogP contribution is 1.96. The van der Waals surface area contributed by atoms with E-state index in [1.165, 1.54) is 7.11 Å². The normalized spacial score (nSPS) is 11.3. The summed E-state index contributed by atoms with van der Waals surface area (Å²) in [6.07, 6.45) is 1.56. The molecular formula is C7H10O2. The zero-order valence-corrected chi connectivity index (χ0v) is 5.68. The summed E-state index contributed by atoms with van der Waals surface area (Å²) in [5.74, 6) is -0.487. The quantitative estimate of drug-likeness (QED) is 0.409. The smallest absolute Gasteiger partial charge is 0.312 e. The molecule has 1 atom stereocenters. The Kier molecular flexibility index (Phi) is 3.49. The third-order valence-electron chi connectivity index (χ3n) is 0.941. The van der Waals surface area contributed by atoms with Gasteiger partial charge >= 0.3 is 5.97 Å². The van der Waals surface area contributed by atoms with E-state index in [1.54, 1.807) is 13.0 Å². The monoisotopic (exact) mass is 126 g/mol. The Morgan fingerprint density at radius 3 is 2.78 bits per heavy atom. The van der Waals surface area contributed by atoms with Crippen LogP contribution in [0, 0.1) is 5.92 Å². The lowest BCUT2D eigenvalue weighted by molar-refractivity contribution is -0.143. The second-order valence-corrected chi connectivity index (χ2v) is 1.68. The van der Waals surface area contributed by atoms with E-state index in [9.17, 15) is 4.79 Å². The summed E-state index contributed by atoms with van der Waals surface area (Å²) in [5, 5.41) is 0. The molecule has 0 spiro atoms. The number of carbonyl (C=O) groups is 1. The minimum Gasteiger partial charge on any atom is -0.469 e. The molecule has 0 aromatic heterocycles. The van der Waals surface area contributed by atoms with E-state index in [-0.39, 0.29) is 11.9 Å². The maximum absolute atomic E-state index is 10.6. The van der Waals surface area contributed by atoms with Crippen LogP contribution in [0.2, 0.25) is 0 Å². The summed E-state index contributed by atoms with van der Waals surface area (Å²) < 4.78 is 4.43. The van der Waals surface area contributed by atoms with Crippen molar-refractivity contribution >= 4 is 5.97 Å². The van der Waals surface area contributed by atoms with Crippen molar-refractivity contribution in [2.45, 2.75) is 6.92 Å². The Bertz CT molecular complexity index is 143. The van der Waals surface area contributed by atoms with Crippen LogP contribution in [0.3, 0.4) is 0 Å². The molecule has 50 valence electrons. The van der Waals surface area contributed by atoms with Gasteiger partial charge in [0.05, 0.1) is 13.0 Å². The van der Waals surface area contributed by atoms with Crippen molar-refractivity contribution in [2.24, 2.45) is 5.92 Å². The second-order valence-electron chi connectivity index (χ2n) is 1.68. The molecule has 0 aliphatic carbocycles. The van der Waals surface area contributed by atoms with Gasteiger partial charge in [-0.1, -0.05) is 6.58 Å². The zero-order valence-electron chi connectivity index (χ0n) is 5.68. The molecule has 0 rings (SSSR count). The van der Waals surface area contributed by atoms with Crippen LogP contribution in [0.25, 0.3) is 0 Å². The molecule has 0 N–H and O–H groups in total. The molecular weight excluding hydrogens is 116 g/mol. The first kappa shape index (κ1) is 7.99. The lowest BCUT2D eigenvalue weighted by atomic mass is 10.2. The van der Waals surface area contributed by atoms with Gasteiger partial charge in [-0.25, -0.2) is 0 Å². The largest absolute Gasteiger partial charge is 0.469 e. The number of rotatable bonds is 2. The molecule has 1 unspecified atom stereocenters. The molecule has 0 aromatic rings. The average Bonchev–Trinajstić information content (AvgIpc) is 1.87. The van der Waals surface area contributed by atoms with Crippen LogP contribution in [0.4, 0.5) is 0 Å². The minimum absolute atomic E-state index is 0.229. The van der Waals surface area contributed by atoms with Gasteiger partial charge in [-0.15, -0.1) is 5.73 Å². The fraction of sp³-hybridized carbons (Fsp3) is 0.429. The summed E-state index contributed by atoms with van der Waals surface area (Å²) in [6.45, 7) is 5.06. The van der Waals surface area contributed by atoms with Crippen molar-refractivity contribution in [2.75, 3.05) is 7.11 Å². The highest BCUT2D eigenvalue weighted by atomic mass is 16.5. The highest BCUT2D eigenvalue weighted by molar-refractivity contribution is 5.73. The third kappa shape index (κ3) is 2.73. The summed E-state index contributed by atoms with van der Waals surface area (Å²) >= 11 is 0. The molecule has 0 radical (unpaired) electrons. The summed E-state index contributed by atoms with van der Waals surface area (Å²) in [6, 6.07) is 0. The van der Waals surface area contributed by atoms with Crippen LogP contribution >= 0.6 is 0 Å². The van der Waals surface area contributed by atoms with Crippen molar-refractivity contribution < 1.29 is 9.53 Å². The highest BCUT2D eigenvalue weighted by Gasteiger charge is 2.06. The van der Waals surface area contributed by atoms with E-state index >= 15 is 0 Å². The van der Waals surface area contributed by atoms with Gasteiger partial charge in [0, 0.05) is 0 Å². The predicted molar refractivity (Wildman–Crippen MR) is 34.9 cm³/mol. The Labute approximate surface area is 54.8 Å². The Morgan fingerprint density at radius 2 is 2.44 bits per heavy atom. The lowest BCUT2D eigenvalue weighted by Crippen LogP contribution is -2.09. The molecule has 0 aromatic carbocycles. The SMILES string of the molecule is C=C=CC(C)C(=O)OC. The fourth-order valence-corrected chi connectivity index (χ4v) is 0.431. The molecule has 0 heterocycles. The minimum atomic E-state index is -0.258. The first-order valence-corrected chi connectivity index (χ1v) is 2.66. The van der Waals surface area contributed by atoms with Crippen molar-refractivity contribution in [1.29, 1.82) is 0 Å². The van der Waals surface area contributed by atoms with Crippen molar-refractivity contribution in [3.8, 4) is 0 Å². The first-order valence-electron chi connectivity index (χ1n) is 2.66. The Hall–Kier alpha value is -1.01. The molecule has 0 amide bonds. The van der Waals surface area contributed by atoms with E-state index in [0.717, 1.165) is 0 Å². The van der Waals surface area contributed by atoms with Gasteiger partial charge in [0.25, 0.3) is 0 Å². The van der Waals surface area contributed by atoms with Gasteiger partial charge in [-0.3, -0.25) is 4.79 Å². The van der Waals surface area contributed by atoms with Crippen LogP contribution in [0.1, 0.15) is 6.92 Å². The number of carbonyl (C=O) groups excluding carboxylic acids is 1. The van der Waals surface area contributed by atoms with Gasteiger partial charge < -0.3 is 4.74 Å². The van der Waals surface area contributed by atoms with Crippen molar-refractivity contribution in [1.82, 2.24) is 0 Å². The summed E-state index contributed by atoms with van der Waals surface area (Å²) in [5.41, 5.74) is 2.51. The number of methoxy groups -OCH3 is 1. The standard InChI is InChI=1S/C7H10O2/c1-4-5-6(2)7(8)9-3/h5-6H,1H2,2-3H3. The number of ether oxygens (including phenoxy) is 1. The maximum atomic E-state index is 10.6. The number of hydrogen-bond acceptors (Lipinski definition) is 2. The zero-order chi connectivity index (χ0) is 7.28. The molecule has 2 heteroatoms. The van der Waals surface area contributed by atoms with Crippen LogP contribution < -0.4 is 0 Å². The van der Waals surface area contributed by atoms with Gasteiger partial charge in [0.2, 0.25) is 0 Å². The van der Waals surface area contributed by atoms with Crippen LogP contribution in [-0.2, 0) is 9.53 Å². The first-order chi connectivity index (χ1) is 4.22. The molecule has 0 aliphatic rings. The Balaban J connectivity index is 3.87. The van der Waals surface area contributed by atoms with Crippen molar-refractivity contribution in [3.05, 3.63) is 18.4 Å². The second kappa shape index (κ2) is 3.93. The molecule has 0 aliphatic heterocycles. The van der Waals surface area contributed by atoms with Crippen molar-refractivity contribution in [3.63, 3.8) is 0 Å². The van der Waals surface area contributed by atoms with Gasteiger partial charge in [0.15, 0.2) is 0 Å². The molecule has 9 heavy (non-hydrogen) atoms. The van der Waals surface area contributed by atoms with Crippen LogP contribution in [-0.4, -0.2) is 13.1 Å². The van der Waals surface area contributed by atoms with Crippen LogP contribution in [0.5, 0.6) is 0 Å². The third-order valence-corrected chi connectivity index (χ3v) is 0.941. The van der Waals surface area contributed by atoms with Gasteiger partial charge in [-0.2, -0.15) is 0 Å².